The first kappa shape index (κ1) is 12.8. The van der Waals surface area contributed by atoms with Crippen molar-refractivity contribution in [3.8, 4) is 0 Å². The smallest absolute Gasteiger partial charge is 0.101 e. The second kappa shape index (κ2) is 8.44. The molecule has 0 bridgehead atoms. The predicted octanol–water partition coefficient (Wildman–Crippen LogP) is 0.171. The number of aliphatic hydroxyl groups excluding tert-OH is 2. The third-order valence-electron chi connectivity index (χ3n) is 1.61. The van der Waals surface area contributed by atoms with Crippen LogP contribution in [0.15, 0.2) is 0 Å². The summed E-state index contributed by atoms with van der Waals surface area (Å²) in [6.07, 6.45) is -0.357. The lowest BCUT2D eigenvalue weighted by atomic mass is 10.3. The monoisotopic (exact) mass is 192 g/mol. The summed E-state index contributed by atoms with van der Waals surface area (Å²) < 4.78 is 10.1. The fraction of sp³-hybridized carbons (Fsp3) is 1.00. The van der Waals surface area contributed by atoms with Gasteiger partial charge in [0.05, 0.1) is 25.9 Å². The lowest BCUT2D eigenvalue weighted by Gasteiger charge is -2.12. The van der Waals surface area contributed by atoms with E-state index in [1.54, 1.807) is 0 Å². The lowest BCUT2D eigenvalue weighted by Crippen LogP contribution is -2.24. The second-order valence-electron chi connectivity index (χ2n) is 2.91. The molecule has 0 fully saturated rings. The van der Waals surface area contributed by atoms with Crippen molar-refractivity contribution in [2.45, 2.75) is 32.5 Å². The zero-order valence-electron chi connectivity index (χ0n) is 8.40. The summed E-state index contributed by atoms with van der Waals surface area (Å²) in [4.78, 5) is 0. The van der Waals surface area contributed by atoms with E-state index in [0.29, 0.717) is 19.6 Å². The van der Waals surface area contributed by atoms with Crippen molar-refractivity contribution in [3.63, 3.8) is 0 Å². The molecular weight excluding hydrogens is 172 g/mol. The molecule has 0 aliphatic heterocycles. The highest BCUT2D eigenvalue weighted by Crippen LogP contribution is 1.93. The van der Waals surface area contributed by atoms with Crippen LogP contribution in [0.5, 0.6) is 0 Å². The van der Waals surface area contributed by atoms with E-state index in [0.717, 1.165) is 0 Å². The molecule has 0 heterocycles. The Labute approximate surface area is 79.5 Å². The molecule has 13 heavy (non-hydrogen) atoms. The van der Waals surface area contributed by atoms with E-state index in [-0.39, 0.29) is 13.2 Å². The summed E-state index contributed by atoms with van der Waals surface area (Å²) >= 11 is 0. The summed E-state index contributed by atoms with van der Waals surface area (Å²) in [5.74, 6) is 0. The molecule has 0 amide bonds. The maximum absolute atomic E-state index is 9.23. The van der Waals surface area contributed by atoms with Gasteiger partial charge in [0, 0.05) is 6.61 Å². The van der Waals surface area contributed by atoms with Gasteiger partial charge in [-0.2, -0.15) is 0 Å². The third kappa shape index (κ3) is 8.18. The van der Waals surface area contributed by atoms with Gasteiger partial charge in [0.25, 0.3) is 0 Å². The molecule has 0 saturated heterocycles. The molecule has 80 valence electrons. The molecule has 0 aliphatic carbocycles. The average molecular weight is 192 g/mol. The number of rotatable bonds is 8. The van der Waals surface area contributed by atoms with Gasteiger partial charge in [0.1, 0.15) is 6.10 Å². The molecule has 2 unspecified atom stereocenters. The van der Waals surface area contributed by atoms with Gasteiger partial charge in [-0.3, -0.25) is 0 Å². The zero-order chi connectivity index (χ0) is 10.1. The highest BCUT2D eigenvalue weighted by Gasteiger charge is 2.05. The van der Waals surface area contributed by atoms with Gasteiger partial charge in [0.15, 0.2) is 0 Å². The Morgan fingerprint density at radius 1 is 0.923 bits per heavy atom. The van der Waals surface area contributed by atoms with Crippen molar-refractivity contribution in [1.29, 1.82) is 0 Å². The van der Waals surface area contributed by atoms with Crippen molar-refractivity contribution in [1.82, 2.24) is 0 Å². The summed E-state index contributed by atoms with van der Waals surface area (Å²) in [5, 5.41) is 18.3. The molecule has 0 aromatic rings. The van der Waals surface area contributed by atoms with Crippen LogP contribution in [-0.2, 0) is 9.47 Å². The Morgan fingerprint density at radius 3 is 2.00 bits per heavy atom. The van der Waals surface area contributed by atoms with Crippen molar-refractivity contribution in [3.05, 3.63) is 0 Å². The van der Waals surface area contributed by atoms with E-state index < -0.39 is 12.2 Å². The minimum Gasteiger partial charge on any atom is -0.391 e. The standard InChI is InChI=1S/C9H20O4/c1-3-8(10)5-13-7-9(11)6-12-4-2/h8-11H,3-7H2,1-2H3. The molecule has 0 aromatic carbocycles. The fourth-order valence-electron chi connectivity index (χ4n) is 0.760. The van der Waals surface area contributed by atoms with Gasteiger partial charge in [-0.25, -0.2) is 0 Å². The van der Waals surface area contributed by atoms with Crippen LogP contribution in [0.3, 0.4) is 0 Å². The van der Waals surface area contributed by atoms with Gasteiger partial charge in [-0.05, 0) is 13.3 Å². The van der Waals surface area contributed by atoms with Crippen LogP contribution in [0.4, 0.5) is 0 Å². The van der Waals surface area contributed by atoms with Crippen LogP contribution >= 0.6 is 0 Å². The lowest BCUT2D eigenvalue weighted by molar-refractivity contribution is -0.0379. The van der Waals surface area contributed by atoms with Crippen LogP contribution in [0.1, 0.15) is 20.3 Å². The Balaban J connectivity index is 3.21. The third-order valence-corrected chi connectivity index (χ3v) is 1.61. The maximum Gasteiger partial charge on any atom is 0.101 e. The maximum atomic E-state index is 9.23. The predicted molar refractivity (Wildman–Crippen MR) is 49.6 cm³/mol. The largest absolute Gasteiger partial charge is 0.391 e. The van der Waals surface area contributed by atoms with E-state index >= 15 is 0 Å². The molecule has 4 heteroatoms. The molecule has 0 spiro atoms. The molecule has 0 rings (SSSR count). The van der Waals surface area contributed by atoms with Gasteiger partial charge >= 0.3 is 0 Å². The molecule has 2 N–H and O–H groups in total. The first-order valence-corrected chi connectivity index (χ1v) is 4.72. The Morgan fingerprint density at radius 2 is 1.46 bits per heavy atom. The molecule has 0 aromatic heterocycles. The van der Waals surface area contributed by atoms with Crippen molar-refractivity contribution >= 4 is 0 Å². The van der Waals surface area contributed by atoms with Crippen LogP contribution in [0, 0.1) is 0 Å². The highest BCUT2D eigenvalue weighted by molar-refractivity contribution is 4.53. The fourth-order valence-corrected chi connectivity index (χ4v) is 0.760. The highest BCUT2D eigenvalue weighted by atomic mass is 16.5. The molecular formula is C9H20O4. The van der Waals surface area contributed by atoms with E-state index in [2.05, 4.69) is 0 Å². The number of ether oxygens (including phenoxy) is 2. The minimum atomic E-state index is -0.594. The molecule has 0 radical (unpaired) electrons. The van der Waals surface area contributed by atoms with E-state index in [4.69, 9.17) is 14.6 Å². The number of hydrogen-bond donors (Lipinski definition) is 2. The van der Waals surface area contributed by atoms with Crippen molar-refractivity contribution < 1.29 is 19.7 Å². The van der Waals surface area contributed by atoms with Crippen LogP contribution < -0.4 is 0 Å². The summed E-state index contributed by atoms with van der Waals surface area (Å²) in [6, 6.07) is 0. The number of hydrogen-bond acceptors (Lipinski definition) is 4. The van der Waals surface area contributed by atoms with Crippen LogP contribution in [0.2, 0.25) is 0 Å². The van der Waals surface area contributed by atoms with Gasteiger partial charge in [-0.1, -0.05) is 6.92 Å². The topological polar surface area (TPSA) is 58.9 Å². The van der Waals surface area contributed by atoms with Gasteiger partial charge in [-0.15, -0.1) is 0 Å². The molecule has 0 saturated carbocycles. The van der Waals surface area contributed by atoms with E-state index in [9.17, 15) is 5.11 Å². The molecule has 2 atom stereocenters. The normalized spacial score (nSPS) is 15.7. The van der Waals surface area contributed by atoms with E-state index in [1.807, 2.05) is 13.8 Å². The SMILES string of the molecule is CCOCC(O)COCC(O)CC. The Kier molecular flexibility index (Phi) is 8.33. The second-order valence-corrected chi connectivity index (χ2v) is 2.91. The van der Waals surface area contributed by atoms with Crippen LogP contribution in [-0.4, -0.2) is 48.8 Å². The summed E-state index contributed by atoms with van der Waals surface area (Å²) in [7, 11) is 0. The van der Waals surface area contributed by atoms with Crippen molar-refractivity contribution in [2.24, 2.45) is 0 Å². The van der Waals surface area contributed by atoms with Gasteiger partial charge < -0.3 is 19.7 Å². The Hall–Kier alpha value is -0.160. The minimum absolute atomic E-state index is 0.219. The summed E-state index contributed by atoms with van der Waals surface area (Å²) in [5.41, 5.74) is 0. The molecule has 0 aliphatic rings. The van der Waals surface area contributed by atoms with E-state index in [1.165, 1.54) is 0 Å². The first-order valence-electron chi connectivity index (χ1n) is 4.72. The average Bonchev–Trinajstić information content (AvgIpc) is 2.14. The Bertz CT molecular complexity index is 108. The number of aliphatic hydroxyl groups is 2. The van der Waals surface area contributed by atoms with Crippen molar-refractivity contribution in [2.75, 3.05) is 26.4 Å². The van der Waals surface area contributed by atoms with Crippen LogP contribution in [0.25, 0.3) is 0 Å². The summed E-state index contributed by atoms with van der Waals surface area (Å²) in [6.45, 7) is 5.13. The quantitative estimate of drug-likeness (QED) is 0.575. The van der Waals surface area contributed by atoms with Gasteiger partial charge in [0.2, 0.25) is 0 Å². The first-order chi connectivity index (χ1) is 6.20. The zero-order valence-corrected chi connectivity index (χ0v) is 8.40. The molecule has 4 nitrogen and oxygen atoms in total.